The lowest BCUT2D eigenvalue weighted by atomic mass is 10.0. The first-order chi connectivity index (χ1) is 9.79. The van der Waals surface area contributed by atoms with Crippen LogP contribution in [0.25, 0.3) is 22.2 Å². The molecule has 0 spiro atoms. The summed E-state index contributed by atoms with van der Waals surface area (Å²) in [5, 5.41) is 0.908. The van der Waals surface area contributed by atoms with E-state index in [1.165, 1.54) is 7.11 Å². The Balaban J connectivity index is 2.30. The van der Waals surface area contributed by atoms with Gasteiger partial charge in [0.15, 0.2) is 0 Å². The number of esters is 1. The quantitative estimate of drug-likeness (QED) is 0.667. The Morgan fingerprint density at radius 1 is 1.10 bits per heavy atom. The number of benzene rings is 1. The Morgan fingerprint density at radius 2 is 1.85 bits per heavy atom. The zero-order chi connectivity index (χ0) is 13.9. The van der Waals surface area contributed by atoms with Crippen molar-refractivity contribution in [1.82, 2.24) is 9.97 Å². The molecule has 3 aromatic rings. The van der Waals surface area contributed by atoms with E-state index in [0.29, 0.717) is 11.3 Å². The number of rotatable bonds is 2. The molecule has 4 heteroatoms. The molecule has 0 bridgehead atoms. The normalized spacial score (nSPS) is 10.4. The molecule has 4 nitrogen and oxygen atoms in total. The highest BCUT2D eigenvalue weighted by Crippen LogP contribution is 2.25. The van der Waals surface area contributed by atoms with Gasteiger partial charge in [-0.05, 0) is 24.3 Å². The van der Waals surface area contributed by atoms with E-state index in [9.17, 15) is 4.79 Å². The first-order valence-electron chi connectivity index (χ1n) is 6.18. The van der Waals surface area contributed by atoms with Crippen molar-refractivity contribution in [2.75, 3.05) is 7.11 Å². The van der Waals surface area contributed by atoms with Crippen molar-refractivity contribution in [2.24, 2.45) is 0 Å². The van der Waals surface area contributed by atoms with Crippen molar-refractivity contribution >= 4 is 16.9 Å². The van der Waals surface area contributed by atoms with Gasteiger partial charge < -0.3 is 4.74 Å². The fourth-order valence-electron chi connectivity index (χ4n) is 2.11. The number of ether oxygens (including phenoxy) is 1. The topological polar surface area (TPSA) is 52.1 Å². The van der Waals surface area contributed by atoms with E-state index in [2.05, 4.69) is 9.97 Å². The van der Waals surface area contributed by atoms with Crippen molar-refractivity contribution in [3.8, 4) is 11.3 Å². The van der Waals surface area contributed by atoms with E-state index >= 15 is 0 Å². The summed E-state index contributed by atoms with van der Waals surface area (Å²) in [5.74, 6) is -0.393. The largest absolute Gasteiger partial charge is 0.465 e. The van der Waals surface area contributed by atoms with Gasteiger partial charge >= 0.3 is 5.97 Å². The van der Waals surface area contributed by atoms with Crippen LogP contribution in [0.15, 0.2) is 54.9 Å². The van der Waals surface area contributed by atoms with Gasteiger partial charge in [-0.15, -0.1) is 0 Å². The monoisotopic (exact) mass is 264 g/mol. The zero-order valence-corrected chi connectivity index (χ0v) is 10.9. The average Bonchev–Trinajstić information content (AvgIpc) is 2.53. The number of carbonyl (C=O) groups excluding carboxylic acids is 1. The summed E-state index contributed by atoms with van der Waals surface area (Å²) in [6.07, 6.45) is 3.35. The number of methoxy groups -OCH3 is 1. The van der Waals surface area contributed by atoms with Crippen molar-refractivity contribution in [1.29, 1.82) is 0 Å². The van der Waals surface area contributed by atoms with Crippen LogP contribution in [-0.4, -0.2) is 23.0 Å². The summed E-state index contributed by atoms with van der Waals surface area (Å²) in [6.45, 7) is 0. The summed E-state index contributed by atoms with van der Waals surface area (Å²) in [6, 6.07) is 13.1. The van der Waals surface area contributed by atoms with Gasteiger partial charge in [-0.2, -0.15) is 0 Å². The third-order valence-electron chi connectivity index (χ3n) is 3.08. The first-order valence-corrected chi connectivity index (χ1v) is 6.18. The number of para-hydroxylation sites is 1. The highest BCUT2D eigenvalue weighted by atomic mass is 16.5. The van der Waals surface area contributed by atoms with Crippen LogP contribution in [0.5, 0.6) is 0 Å². The summed E-state index contributed by atoms with van der Waals surface area (Å²) in [7, 11) is 1.37. The minimum absolute atomic E-state index is 0.393. The van der Waals surface area contributed by atoms with Crippen LogP contribution in [0.4, 0.5) is 0 Å². The molecule has 0 radical (unpaired) electrons. The number of nitrogens with zero attached hydrogens (tertiary/aromatic N) is 2. The summed E-state index contributed by atoms with van der Waals surface area (Å²) >= 11 is 0. The SMILES string of the molecule is COC(=O)c1cc2ccccc2nc1-c1ccncc1. The number of hydrogen-bond donors (Lipinski definition) is 0. The standard InChI is InChI=1S/C16H12N2O2/c1-20-16(19)13-10-12-4-2-3-5-14(12)18-15(13)11-6-8-17-9-7-11/h2-10H,1H3. The maximum Gasteiger partial charge on any atom is 0.340 e. The van der Waals surface area contributed by atoms with E-state index < -0.39 is 5.97 Å². The van der Waals surface area contributed by atoms with Crippen molar-refractivity contribution < 1.29 is 9.53 Å². The second-order valence-electron chi connectivity index (χ2n) is 4.30. The average molecular weight is 264 g/mol. The number of pyridine rings is 2. The molecule has 0 saturated carbocycles. The van der Waals surface area contributed by atoms with Crippen LogP contribution in [0.3, 0.4) is 0 Å². The van der Waals surface area contributed by atoms with Gasteiger partial charge in [0.2, 0.25) is 0 Å². The van der Waals surface area contributed by atoms with E-state index in [1.54, 1.807) is 12.4 Å². The molecule has 0 saturated heterocycles. The van der Waals surface area contributed by atoms with E-state index in [-0.39, 0.29) is 0 Å². The Bertz CT molecular complexity index is 770. The van der Waals surface area contributed by atoms with Crippen molar-refractivity contribution in [2.45, 2.75) is 0 Å². The van der Waals surface area contributed by atoms with Crippen LogP contribution in [0.2, 0.25) is 0 Å². The third-order valence-corrected chi connectivity index (χ3v) is 3.08. The first kappa shape index (κ1) is 12.3. The molecule has 3 rings (SSSR count). The Morgan fingerprint density at radius 3 is 2.60 bits per heavy atom. The van der Waals surface area contributed by atoms with Crippen LogP contribution >= 0.6 is 0 Å². The maximum atomic E-state index is 12.0. The molecular weight excluding hydrogens is 252 g/mol. The summed E-state index contributed by atoms with van der Waals surface area (Å²) in [5.41, 5.74) is 2.74. The van der Waals surface area contributed by atoms with Gasteiger partial charge in [-0.1, -0.05) is 18.2 Å². The molecule has 0 unspecified atom stereocenters. The predicted molar refractivity (Wildman–Crippen MR) is 76.3 cm³/mol. The smallest absolute Gasteiger partial charge is 0.340 e. The molecule has 2 heterocycles. The minimum atomic E-state index is -0.393. The second-order valence-corrected chi connectivity index (χ2v) is 4.30. The highest BCUT2D eigenvalue weighted by molar-refractivity contribution is 6.00. The molecule has 0 aliphatic rings. The fourth-order valence-corrected chi connectivity index (χ4v) is 2.11. The molecule has 0 N–H and O–H groups in total. The molecule has 0 atom stereocenters. The molecule has 0 fully saturated rings. The Labute approximate surface area is 116 Å². The lowest BCUT2D eigenvalue weighted by Crippen LogP contribution is -2.05. The number of hydrogen-bond acceptors (Lipinski definition) is 4. The molecule has 1 aromatic carbocycles. The predicted octanol–water partition coefficient (Wildman–Crippen LogP) is 3.08. The molecular formula is C16H12N2O2. The zero-order valence-electron chi connectivity index (χ0n) is 10.9. The molecule has 0 aliphatic heterocycles. The maximum absolute atomic E-state index is 12.0. The molecule has 0 aliphatic carbocycles. The number of carbonyl (C=O) groups is 1. The minimum Gasteiger partial charge on any atom is -0.465 e. The van der Waals surface area contributed by atoms with Crippen LogP contribution in [-0.2, 0) is 4.74 Å². The number of aromatic nitrogens is 2. The third kappa shape index (κ3) is 2.12. The molecule has 20 heavy (non-hydrogen) atoms. The van der Waals surface area contributed by atoms with Gasteiger partial charge in [-0.25, -0.2) is 9.78 Å². The lowest BCUT2D eigenvalue weighted by Gasteiger charge is -2.09. The van der Waals surface area contributed by atoms with E-state index in [0.717, 1.165) is 16.5 Å². The fraction of sp³-hybridized carbons (Fsp3) is 0.0625. The Kier molecular flexibility index (Phi) is 3.13. The Hall–Kier alpha value is -2.75. The van der Waals surface area contributed by atoms with Gasteiger partial charge in [-0.3, -0.25) is 4.98 Å². The second kappa shape index (κ2) is 5.09. The highest BCUT2D eigenvalue weighted by Gasteiger charge is 2.16. The lowest BCUT2D eigenvalue weighted by molar-refractivity contribution is 0.0601. The van der Waals surface area contributed by atoms with Gasteiger partial charge in [0, 0.05) is 23.3 Å². The molecule has 2 aromatic heterocycles. The van der Waals surface area contributed by atoms with Crippen LogP contribution < -0.4 is 0 Å². The van der Waals surface area contributed by atoms with Crippen LogP contribution in [0, 0.1) is 0 Å². The number of fused-ring (bicyclic) bond motifs is 1. The molecule has 0 amide bonds. The van der Waals surface area contributed by atoms with Crippen molar-refractivity contribution in [3.63, 3.8) is 0 Å². The van der Waals surface area contributed by atoms with Gasteiger partial charge in [0.1, 0.15) is 0 Å². The van der Waals surface area contributed by atoms with E-state index in [1.807, 2.05) is 42.5 Å². The van der Waals surface area contributed by atoms with Crippen molar-refractivity contribution in [3.05, 3.63) is 60.4 Å². The summed E-state index contributed by atoms with van der Waals surface area (Å²) in [4.78, 5) is 20.5. The van der Waals surface area contributed by atoms with E-state index in [4.69, 9.17) is 4.74 Å². The summed E-state index contributed by atoms with van der Waals surface area (Å²) < 4.78 is 4.85. The van der Waals surface area contributed by atoms with Crippen LogP contribution in [0.1, 0.15) is 10.4 Å². The molecule has 98 valence electrons. The van der Waals surface area contributed by atoms with Gasteiger partial charge in [0.25, 0.3) is 0 Å². The van der Waals surface area contributed by atoms with Gasteiger partial charge in [0.05, 0.1) is 23.9 Å².